The van der Waals surface area contributed by atoms with Gasteiger partial charge < -0.3 is 14.2 Å². The Hall–Kier alpha value is -2.89. The lowest BCUT2D eigenvalue weighted by atomic mass is 10.1. The van der Waals surface area contributed by atoms with Gasteiger partial charge in [0.25, 0.3) is 0 Å². The van der Waals surface area contributed by atoms with Gasteiger partial charge in [-0.05, 0) is 77.0 Å². The van der Waals surface area contributed by atoms with Gasteiger partial charge in [-0.25, -0.2) is 0 Å². The van der Waals surface area contributed by atoms with Crippen LogP contribution < -0.4 is 0 Å². The fourth-order valence-electron chi connectivity index (χ4n) is 6.44. The van der Waals surface area contributed by atoms with Gasteiger partial charge in [-0.15, -0.1) is 0 Å². The van der Waals surface area contributed by atoms with E-state index in [0.717, 1.165) is 83.5 Å². The molecule has 6 nitrogen and oxygen atoms in total. The lowest BCUT2D eigenvalue weighted by molar-refractivity contribution is -0.167. The molecular weight excluding hydrogens is 709 g/mol. The highest BCUT2D eigenvalue weighted by molar-refractivity contribution is 5.71. The van der Waals surface area contributed by atoms with Gasteiger partial charge in [0.05, 0.1) is 0 Å². The number of hydrogen-bond donors (Lipinski definition) is 0. The second kappa shape index (κ2) is 45.8. The number of ether oxygens (including phenoxy) is 3. The number of esters is 3. The number of carbonyl (C=O) groups excluding carboxylic acids is 3. The number of hydrogen-bond acceptors (Lipinski definition) is 6. The maximum absolute atomic E-state index is 12.7. The number of allylic oxidation sites excluding steroid dienone is 10. The van der Waals surface area contributed by atoms with Crippen LogP contribution in [0.4, 0.5) is 0 Å². The van der Waals surface area contributed by atoms with Crippen molar-refractivity contribution >= 4 is 17.9 Å². The lowest BCUT2D eigenvalue weighted by Crippen LogP contribution is -2.30. The van der Waals surface area contributed by atoms with Crippen LogP contribution in [0.1, 0.15) is 226 Å². The van der Waals surface area contributed by atoms with E-state index in [9.17, 15) is 14.4 Å². The van der Waals surface area contributed by atoms with Gasteiger partial charge in [0.15, 0.2) is 6.10 Å². The van der Waals surface area contributed by atoms with Crippen LogP contribution in [0, 0.1) is 0 Å². The summed E-state index contributed by atoms with van der Waals surface area (Å²) >= 11 is 0. The Morgan fingerprint density at radius 2 is 0.702 bits per heavy atom. The molecule has 0 aliphatic heterocycles. The molecule has 0 aromatic heterocycles. The van der Waals surface area contributed by atoms with Gasteiger partial charge in [0.2, 0.25) is 0 Å². The molecule has 0 fully saturated rings. The molecule has 0 aliphatic rings. The summed E-state index contributed by atoms with van der Waals surface area (Å²) in [7, 11) is 0. The van der Waals surface area contributed by atoms with E-state index in [0.29, 0.717) is 25.7 Å². The molecule has 0 saturated carbocycles. The van der Waals surface area contributed by atoms with E-state index in [1.165, 1.54) is 96.3 Å². The largest absolute Gasteiger partial charge is 0.462 e. The molecule has 328 valence electrons. The van der Waals surface area contributed by atoms with E-state index in [2.05, 4.69) is 81.5 Å². The molecule has 0 bridgehead atoms. The standard InChI is InChI=1S/C51H88O6/c1-4-7-10-13-16-19-21-22-23-24-25-26-27-28-30-32-35-38-41-44-50(53)56-47-48(46-55-49(52)43-40-37-34-31-18-15-12-9-6-3)57-51(54)45-42-39-36-33-29-20-17-14-11-8-5-2/h7,10,16,19,22-23,25-26,31,34,48H,4-6,8-9,11-15,17-18,20-21,24,27-30,32-33,35-47H2,1-3H3/b10-7-,19-16-,23-22-,26-25-,34-31-. The Kier molecular flexibility index (Phi) is 43.5. The topological polar surface area (TPSA) is 78.9 Å². The third kappa shape index (κ3) is 44.1. The van der Waals surface area contributed by atoms with E-state index in [4.69, 9.17) is 14.2 Å². The van der Waals surface area contributed by atoms with E-state index in [1.54, 1.807) is 0 Å². The van der Waals surface area contributed by atoms with E-state index in [1.807, 2.05) is 0 Å². The quantitative estimate of drug-likeness (QED) is 0.0265. The van der Waals surface area contributed by atoms with Crippen LogP contribution in [0.3, 0.4) is 0 Å². The second-order valence-electron chi connectivity index (χ2n) is 15.6. The highest BCUT2D eigenvalue weighted by atomic mass is 16.6. The van der Waals surface area contributed by atoms with Crippen molar-refractivity contribution in [1.29, 1.82) is 0 Å². The number of rotatable bonds is 42. The first kappa shape index (κ1) is 54.1. The molecule has 0 aromatic carbocycles. The van der Waals surface area contributed by atoms with Crippen LogP contribution in [0.15, 0.2) is 60.8 Å². The van der Waals surface area contributed by atoms with Crippen molar-refractivity contribution in [1.82, 2.24) is 0 Å². The molecule has 0 amide bonds. The first-order valence-corrected chi connectivity index (χ1v) is 23.8. The Morgan fingerprint density at radius 3 is 1.18 bits per heavy atom. The minimum absolute atomic E-state index is 0.0891. The third-order valence-corrected chi connectivity index (χ3v) is 10.0. The zero-order valence-corrected chi connectivity index (χ0v) is 37.3. The Balaban J connectivity index is 4.34. The smallest absolute Gasteiger partial charge is 0.306 e. The van der Waals surface area contributed by atoms with Crippen LogP contribution >= 0.6 is 0 Å². The van der Waals surface area contributed by atoms with Crippen LogP contribution in [0.5, 0.6) is 0 Å². The predicted molar refractivity (Wildman–Crippen MR) is 242 cm³/mol. The molecule has 0 aromatic rings. The molecule has 0 aliphatic carbocycles. The molecule has 57 heavy (non-hydrogen) atoms. The number of carbonyl (C=O) groups is 3. The van der Waals surface area contributed by atoms with Gasteiger partial charge in [0, 0.05) is 19.3 Å². The minimum Gasteiger partial charge on any atom is -0.462 e. The second-order valence-corrected chi connectivity index (χ2v) is 15.6. The molecule has 0 spiro atoms. The van der Waals surface area contributed by atoms with Crippen molar-refractivity contribution in [2.45, 2.75) is 232 Å². The van der Waals surface area contributed by atoms with Crippen LogP contribution in [-0.2, 0) is 28.6 Å². The zero-order chi connectivity index (χ0) is 41.5. The number of unbranched alkanes of at least 4 members (excludes halogenated alkanes) is 21. The van der Waals surface area contributed by atoms with Gasteiger partial charge in [-0.2, -0.15) is 0 Å². The fraction of sp³-hybridized carbons (Fsp3) is 0.745. The van der Waals surface area contributed by atoms with Gasteiger partial charge >= 0.3 is 17.9 Å². The summed E-state index contributed by atoms with van der Waals surface area (Å²) in [6, 6.07) is 0. The first-order valence-electron chi connectivity index (χ1n) is 23.8. The van der Waals surface area contributed by atoms with Crippen molar-refractivity contribution < 1.29 is 28.6 Å². The summed E-state index contributed by atoms with van der Waals surface area (Å²) in [4.78, 5) is 37.7. The fourth-order valence-corrected chi connectivity index (χ4v) is 6.44. The lowest BCUT2D eigenvalue weighted by Gasteiger charge is -2.18. The van der Waals surface area contributed by atoms with Crippen molar-refractivity contribution in [2.24, 2.45) is 0 Å². The summed E-state index contributed by atoms with van der Waals surface area (Å²) in [5.41, 5.74) is 0. The van der Waals surface area contributed by atoms with Gasteiger partial charge in [-0.3, -0.25) is 14.4 Å². The van der Waals surface area contributed by atoms with Crippen molar-refractivity contribution in [3.8, 4) is 0 Å². The molecule has 0 heterocycles. The van der Waals surface area contributed by atoms with E-state index in [-0.39, 0.29) is 31.1 Å². The van der Waals surface area contributed by atoms with Crippen LogP contribution in [0.25, 0.3) is 0 Å². The Bertz CT molecular complexity index is 1050. The zero-order valence-electron chi connectivity index (χ0n) is 37.3. The van der Waals surface area contributed by atoms with E-state index >= 15 is 0 Å². The monoisotopic (exact) mass is 797 g/mol. The maximum Gasteiger partial charge on any atom is 0.306 e. The molecule has 1 atom stereocenters. The third-order valence-electron chi connectivity index (χ3n) is 10.0. The summed E-state index contributed by atoms with van der Waals surface area (Å²) in [5.74, 6) is -0.940. The van der Waals surface area contributed by atoms with E-state index < -0.39 is 6.10 Å². The molecule has 0 N–H and O–H groups in total. The summed E-state index contributed by atoms with van der Waals surface area (Å²) in [6.45, 7) is 6.44. The molecule has 0 rings (SSSR count). The molecule has 0 radical (unpaired) electrons. The molecule has 6 heteroatoms. The van der Waals surface area contributed by atoms with Crippen LogP contribution in [0.2, 0.25) is 0 Å². The highest BCUT2D eigenvalue weighted by Crippen LogP contribution is 2.14. The molecule has 0 saturated heterocycles. The molecule has 1 unspecified atom stereocenters. The molecular formula is C51H88O6. The average molecular weight is 797 g/mol. The van der Waals surface area contributed by atoms with Crippen molar-refractivity contribution in [3.63, 3.8) is 0 Å². The highest BCUT2D eigenvalue weighted by Gasteiger charge is 2.19. The minimum atomic E-state index is -0.786. The normalized spacial score (nSPS) is 12.5. The predicted octanol–water partition coefficient (Wildman–Crippen LogP) is 15.3. The maximum atomic E-state index is 12.7. The Morgan fingerprint density at radius 1 is 0.368 bits per heavy atom. The summed E-state index contributed by atoms with van der Waals surface area (Å²) in [6.07, 6.45) is 55.0. The summed E-state index contributed by atoms with van der Waals surface area (Å²) < 4.78 is 16.7. The average Bonchev–Trinajstić information content (AvgIpc) is 3.21. The van der Waals surface area contributed by atoms with Gasteiger partial charge in [0.1, 0.15) is 13.2 Å². The van der Waals surface area contributed by atoms with Crippen molar-refractivity contribution in [2.75, 3.05) is 13.2 Å². The summed E-state index contributed by atoms with van der Waals surface area (Å²) in [5, 5.41) is 0. The SMILES string of the molecule is CC/C=C\C/C=C\C/C=C\C/C=C\CCCCCCCCC(=O)OCC(COC(=O)CCC/C=C\CCCCCC)OC(=O)CCCCCCCCCCCCC. The Labute approximate surface area is 351 Å². The van der Waals surface area contributed by atoms with Crippen molar-refractivity contribution in [3.05, 3.63) is 60.8 Å². The van der Waals surface area contributed by atoms with Crippen LogP contribution in [-0.4, -0.2) is 37.2 Å². The van der Waals surface area contributed by atoms with Gasteiger partial charge in [-0.1, -0.05) is 191 Å². The first-order chi connectivity index (χ1) is 28.0.